The molecular formula is C10H25B3N2O17. The molecule has 0 radical (unpaired) electrons. The number of carbonyl (C=O) groups excluding carboxylic acids is 4. The first kappa shape index (κ1) is 37.0. The third kappa shape index (κ3) is 56.5. The van der Waals surface area contributed by atoms with Gasteiger partial charge in [0.1, 0.15) is 0 Å². The summed E-state index contributed by atoms with van der Waals surface area (Å²) in [5, 5.41) is 65.6. The summed E-state index contributed by atoms with van der Waals surface area (Å²) in [6.45, 7) is 3.97. The zero-order valence-corrected chi connectivity index (χ0v) is 17.3. The molecule has 0 spiro atoms. The van der Waals surface area contributed by atoms with Gasteiger partial charge >= 0.3 is 45.8 Å². The van der Waals surface area contributed by atoms with Gasteiger partial charge < -0.3 is 64.6 Å². The van der Waals surface area contributed by atoms with Crippen LogP contribution < -0.4 is 0 Å². The number of carbonyl (C=O) groups is 4. The lowest BCUT2D eigenvalue weighted by molar-refractivity contribution is -0.354. The van der Waals surface area contributed by atoms with Crippen LogP contribution in [-0.2, 0) is 38.5 Å². The van der Waals surface area contributed by atoms with Crippen LogP contribution in [-0.4, -0.2) is 115 Å². The Labute approximate surface area is 181 Å². The third-order valence-corrected chi connectivity index (χ3v) is 1.39. The van der Waals surface area contributed by atoms with Gasteiger partial charge in [0.05, 0.1) is 13.1 Å². The molecule has 0 atom stereocenters. The molecule has 0 aromatic heterocycles. The third-order valence-electron chi connectivity index (χ3n) is 1.39. The highest BCUT2D eigenvalue weighted by Gasteiger charge is 2.19. The van der Waals surface area contributed by atoms with Gasteiger partial charge in [0.25, 0.3) is 0 Å². The summed E-state index contributed by atoms with van der Waals surface area (Å²) in [5.41, 5.74) is 0. The minimum Gasteiger partial charge on any atom is -0.402 e. The summed E-state index contributed by atoms with van der Waals surface area (Å²) in [7, 11) is -6.50. The fourth-order valence-corrected chi connectivity index (χ4v) is 0.957. The average Bonchev–Trinajstić information content (AvgIpc) is 2.48. The van der Waals surface area contributed by atoms with Gasteiger partial charge in [-0.3, -0.25) is 19.2 Å². The Balaban J connectivity index is -0.000000267. The van der Waals surface area contributed by atoms with Crippen LogP contribution >= 0.6 is 0 Å². The Morgan fingerprint density at radius 1 is 0.500 bits per heavy atom. The Hall–Kier alpha value is -2.37. The molecule has 0 aliphatic carbocycles. The molecule has 22 heteroatoms. The normalized spacial score (nSPS) is 8.84. The molecule has 0 saturated carbocycles. The molecule has 0 aliphatic heterocycles. The van der Waals surface area contributed by atoms with Gasteiger partial charge in [-0.05, 0) is 0 Å². The van der Waals surface area contributed by atoms with Crippen LogP contribution in [0.4, 0.5) is 0 Å². The van der Waals surface area contributed by atoms with Crippen LogP contribution in [0.25, 0.3) is 0 Å². The van der Waals surface area contributed by atoms with Crippen LogP contribution in [0.2, 0.25) is 0 Å². The van der Waals surface area contributed by atoms with E-state index < -0.39 is 45.8 Å². The molecule has 0 heterocycles. The quantitative estimate of drug-likeness (QED) is 0.121. The molecule has 19 nitrogen and oxygen atoms in total. The van der Waals surface area contributed by atoms with Crippen molar-refractivity contribution in [1.29, 1.82) is 0 Å². The van der Waals surface area contributed by atoms with Crippen molar-refractivity contribution in [3.63, 3.8) is 0 Å². The Morgan fingerprint density at radius 3 is 0.719 bits per heavy atom. The minimum absolute atomic E-state index is 0.223. The summed E-state index contributed by atoms with van der Waals surface area (Å²) in [5.74, 6) is -2.90. The van der Waals surface area contributed by atoms with E-state index in [4.69, 9.17) is 45.2 Å². The van der Waals surface area contributed by atoms with Crippen LogP contribution in [0.5, 0.6) is 0 Å². The van der Waals surface area contributed by atoms with Crippen molar-refractivity contribution in [3.05, 3.63) is 0 Å². The summed E-state index contributed by atoms with van der Waals surface area (Å²) >= 11 is 0. The first-order valence-electron chi connectivity index (χ1n) is 7.82. The van der Waals surface area contributed by atoms with Crippen LogP contribution in [0.15, 0.2) is 0 Å². The molecule has 0 rings (SSSR count). The smallest absolute Gasteiger partial charge is 0.402 e. The lowest BCUT2D eigenvalue weighted by Gasteiger charge is -2.22. The van der Waals surface area contributed by atoms with E-state index in [0.29, 0.717) is 10.5 Å². The second-order valence-corrected chi connectivity index (χ2v) is 4.48. The van der Waals surface area contributed by atoms with Crippen molar-refractivity contribution in [1.82, 2.24) is 10.5 Å². The van der Waals surface area contributed by atoms with Crippen molar-refractivity contribution in [3.8, 4) is 0 Å². The Bertz CT molecular complexity index is 432. The van der Waals surface area contributed by atoms with Crippen molar-refractivity contribution >= 4 is 45.8 Å². The van der Waals surface area contributed by atoms with Gasteiger partial charge in [-0.2, -0.15) is 0 Å². The maximum absolute atomic E-state index is 10.8. The monoisotopic (exact) mass is 478 g/mol. The van der Waals surface area contributed by atoms with Gasteiger partial charge in [0, 0.05) is 38.1 Å². The lowest BCUT2D eigenvalue weighted by Crippen LogP contribution is -2.38. The number of hydrogen-bond acceptors (Lipinski definition) is 19. The van der Waals surface area contributed by atoms with Crippen molar-refractivity contribution in [2.45, 2.75) is 27.7 Å². The molecule has 32 heavy (non-hydrogen) atoms. The SMILES string of the molecule is CC(=O)ON(CCN(OC(C)=O)OC(C)=O)OC(C)=O.OB(O)O.OB(O)O.OB(O)O. The van der Waals surface area contributed by atoms with Crippen LogP contribution in [0.1, 0.15) is 27.7 Å². The van der Waals surface area contributed by atoms with Gasteiger partial charge in [0.15, 0.2) is 0 Å². The molecule has 0 aliphatic rings. The summed E-state index contributed by atoms with van der Waals surface area (Å²) in [6, 6.07) is 0. The van der Waals surface area contributed by atoms with E-state index in [-0.39, 0.29) is 13.1 Å². The molecule has 0 aromatic rings. The highest BCUT2D eigenvalue weighted by atomic mass is 17.0. The van der Waals surface area contributed by atoms with E-state index >= 15 is 0 Å². The highest BCUT2D eigenvalue weighted by molar-refractivity contribution is 6.31. The summed E-state index contributed by atoms with van der Waals surface area (Å²) in [4.78, 5) is 61.4. The Morgan fingerprint density at radius 2 is 0.625 bits per heavy atom. The predicted octanol–water partition coefficient (Wildman–Crippen LogP) is -6.65. The van der Waals surface area contributed by atoms with E-state index in [2.05, 4.69) is 19.4 Å². The number of hydroxylamine groups is 4. The largest absolute Gasteiger partial charge is 0.631 e. The molecule has 0 saturated heterocycles. The summed E-state index contributed by atoms with van der Waals surface area (Å²) in [6.07, 6.45) is 0. The minimum atomic E-state index is -2.17. The molecule has 0 amide bonds. The highest BCUT2D eigenvalue weighted by Crippen LogP contribution is 1.99. The van der Waals surface area contributed by atoms with E-state index in [1.165, 1.54) is 0 Å². The zero-order chi connectivity index (χ0) is 26.4. The van der Waals surface area contributed by atoms with Gasteiger partial charge in [-0.25, -0.2) is 0 Å². The maximum Gasteiger partial charge on any atom is 0.631 e. The predicted molar refractivity (Wildman–Crippen MR) is 97.7 cm³/mol. The van der Waals surface area contributed by atoms with Crippen molar-refractivity contribution in [2.24, 2.45) is 0 Å². The van der Waals surface area contributed by atoms with Gasteiger partial charge in [0.2, 0.25) is 0 Å². The van der Waals surface area contributed by atoms with Crippen LogP contribution in [0.3, 0.4) is 0 Å². The standard InChI is InChI=1S/C10H16N2O8.3BH3O3/c1-7(13)17-11(18-8(2)14)5-6-12(19-9(3)15)20-10(4)16;3*2-1(3)4/h5-6H2,1-4H3;3*2-4H. The van der Waals surface area contributed by atoms with E-state index in [9.17, 15) is 19.2 Å². The first-order valence-corrected chi connectivity index (χ1v) is 7.82. The fourth-order valence-electron chi connectivity index (χ4n) is 0.957. The maximum atomic E-state index is 10.8. The number of rotatable bonds is 7. The summed E-state index contributed by atoms with van der Waals surface area (Å²) < 4.78 is 0. The van der Waals surface area contributed by atoms with Gasteiger partial charge in [-0.15, -0.1) is 0 Å². The topological polar surface area (TPSA) is 294 Å². The second kappa shape index (κ2) is 23.3. The Kier molecular flexibility index (Phi) is 26.9. The second-order valence-electron chi connectivity index (χ2n) is 4.48. The molecule has 0 aromatic carbocycles. The van der Waals surface area contributed by atoms with Crippen molar-refractivity contribution in [2.75, 3.05) is 13.1 Å². The molecule has 0 bridgehead atoms. The first-order chi connectivity index (χ1) is 14.4. The van der Waals surface area contributed by atoms with Crippen molar-refractivity contribution < 1.29 is 83.7 Å². The van der Waals surface area contributed by atoms with Crippen LogP contribution in [0, 0.1) is 0 Å². The van der Waals surface area contributed by atoms with E-state index in [1.54, 1.807) is 0 Å². The molecule has 9 N–H and O–H groups in total. The molecule has 0 fully saturated rings. The van der Waals surface area contributed by atoms with E-state index in [1.807, 2.05) is 0 Å². The molecule has 186 valence electrons. The fraction of sp³-hybridized carbons (Fsp3) is 0.600. The molecular weight excluding hydrogens is 453 g/mol. The average molecular weight is 478 g/mol. The zero-order valence-electron chi connectivity index (χ0n) is 17.3. The lowest BCUT2D eigenvalue weighted by atomic mass is 10.3. The number of nitrogens with zero attached hydrogens (tertiary/aromatic N) is 2. The number of hydrogen-bond donors (Lipinski definition) is 9. The van der Waals surface area contributed by atoms with Gasteiger partial charge in [-0.1, -0.05) is 0 Å². The molecule has 0 unspecified atom stereocenters. The van der Waals surface area contributed by atoms with E-state index in [0.717, 1.165) is 27.7 Å².